The fraction of sp³-hybridized carbons (Fsp3) is 0.286. The minimum Gasteiger partial charge on any atom is -0.323 e. The second-order valence-corrected chi connectivity index (χ2v) is 4.37. The molecule has 2 atom stereocenters. The van der Waals surface area contributed by atoms with E-state index in [1.807, 2.05) is 30.4 Å². The van der Waals surface area contributed by atoms with Gasteiger partial charge in [-0.25, -0.2) is 0 Å². The number of nitrogens with two attached hydrogens (primary N) is 2. The van der Waals surface area contributed by atoms with Gasteiger partial charge < -0.3 is 11.5 Å². The molecule has 0 spiro atoms. The maximum atomic E-state index is 6.29. The Labute approximate surface area is 96.6 Å². The Morgan fingerprint density at radius 1 is 1.12 bits per heavy atom. The van der Waals surface area contributed by atoms with Gasteiger partial charge in [-0.1, -0.05) is 54.6 Å². The van der Waals surface area contributed by atoms with Crippen molar-refractivity contribution in [2.75, 3.05) is 0 Å². The van der Waals surface area contributed by atoms with E-state index >= 15 is 0 Å². The molecular formula is C14H18N2. The summed E-state index contributed by atoms with van der Waals surface area (Å²) in [6, 6.07) is 10.3. The van der Waals surface area contributed by atoms with Crippen molar-refractivity contribution in [1.29, 1.82) is 0 Å². The van der Waals surface area contributed by atoms with E-state index in [4.69, 9.17) is 11.5 Å². The van der Waals surface area contributed by atoms with Crippen molar-refractivity contribution >= 4 is 0 Å². The molecule has 0 amide bonds. The van der Waals surface area contributed by atoms with E-state index in [-0.39, 0.29) is 6.04 Å². The van der Waals surface area contributed by atoms with Gasteiger partial charge in [0.1, 0.15) is 0 Å². The van der Waals surface area contributed by atoms with E-state index < -0.39 is 5.54 Å². The third-order valence-corrected chi connectivity index (χ3v) is 3.15. The smallest absolute Gasteiger partial charge is 0.0535 e. The summed E-state index contributed by atoms with van der Waals surface area (Å²) in [4.78, 5) is 0. The lowest BCUT2D eigenvalue weighted by Gasteiger charge is -2.32. The molecule has 2 rings (SSSR count). The van der Waals surface area contributed by atoms with E-state index in [2.05, 4.69) is 24.3 Å². The summed E-state index contributed by atoms with van der Waals surface area (Å²) in [6.45, 7) is 0. The summed E-state index contributed by atoms with van der Waals surface area (Å²) in [6.07, 6.45) is 9.75. The van der Waals surface area contributed by atoms with Gasteiger partial charge >= 0.3 is 0 Å². The summed E-state index contributed by atoms with van der Waals surface area (Å²) in [5, 5.41) is 0. The lowest BCUT2D eigenvalue weighted by Crippen LogP contribution is -2.53. The van der Waals surface area contributed by atoms with Crippen LogP contribution in [0.4, 0.5) is 0 Å². The number of aryl methyl sites for hydroxylation is 1. The molecule has 1 aliphatic rings. The van der Waals surface area contributed by atoms with Gasteiger partial charge in [-0.15, -0.1) is 0 Å². The van der Waals surface area contributed by atoms with Gasteiger partial charge in [0.25, 0.3) is 0 Å². The van der Waals surface area contributed by atoms with Crippen LogP contribution < -0.4 is 11.5 Å². The van der Waals surface area contributed by atoms with Crippen molar-refractivity contribution in [3.63, 3.8) is 0 Å². The van der Waals surface area contributed by atoms with Crippen LogP contribution in [0.1, 0.15) is 12.0 Å². The van der Waals surface area contributed by atoms with E-state index in [1.165, 1.54) is 5.56 Å². The third kappa shape index (κ3) is 2.40. The maximum Gasteiger partial charge on any atom is 0.0535 e. The fourth-order valence-corrected chi connectivity index (χ4v) is 1.96. The van der Waals surface area contributed by atoms with Crippen molar-refractivity contribution in [2.45, 2.75) is 24.4 Å². The molecule has 0 aromatic heterocycles. The highest BCUT2D eigenvalue weighted by molar-refractivity contribution is 5.27. The second kappa shape index (κ2) is 4.64. The van der Waals surface area contributed by atoms with Gasteiger partial charge in [-0.3, -0.25) is 0 Å². The Morgan fingerprint density at radius 2 is 1.88 bits per heavy atom. The van der Waals surface area contributed by atoms with Crippen molar-refractivity contribution in [3.05, 3.63) is 60.2 Å². The Balaban J connectivity index is 2.00. The normalized spacial score (nSPS) is 28.2. The van der Waals surface area contributed by atoms with Crippen molar-refractivity contribution in [1.82, 2.24) is 0 Å². The molecule has 0 bridgehead atoms. The second-order valence-electron chi connectivity index (χ2n) is 4.37. The van der Waals surface area contributed by atoms with Crippen LogP contribution in [0.25, 0.3) is 0 Å². The van der Waals surface area contributed by atoms with Crippen LogP contribution in [-0.2, 0) is 6.42 Å². The Morgan fingerprint density at radius 3 is 2.56 bits per heavy atom. The predicted molar refractivity (Wildman–Crippen MR) is 67.9 cm³/mol. The maximum absolute atomic E-state index is 6.29. The zero-order valence-corrected chi connectivity index (χ0v) is 9.34. The molecule has 1 aromatic rings. The molecule has 0 heterocycles. The zero-order valence-electron chi connectivity index (χ0n) is 9.34. The molecule has 0 saturated heterocycles. The molecule has 0 aliphatic heterocycles. The largest absolute Gasteiger partial charge is 0.323 e. The molecule has 2 unspecified atom stereocenters. The number of hydrogen-bond acceptors (Lipinski definition) is 2. The average molecular weight is 214 g/mol. The lowest BCUT2D eigenvalue weighted by atomic mass is 9.83. The van der Waals surface area contributed by atoms with Crippen LogP contribution in [0.2, 0.25) is 0 Å². The first-order valence-electron chi connectivity index (χ1n) is 5.65. The van der Waals surface area contributed by atoms with E-state index in [1.54, 1.807) is 0 Å². The molecule has 4 N–H and O–H groups in total. The quantitative estimate of drug-likeness (QED) is 0.805. The van der Waals surface area contributed by atoms with Gasteiger partial charge in [0.2, 0.25) is 0 Å². The molecule has 2 heteroatoms. The SMILES string of the molecule is NC1C=CC=CC1(N)CCc1ccccc1. The van der Waals surface area contributed by atoms with Crippen molar-refractivity contribution in [3.8, 4) is 0 Å². The van der Waals surface area contributed by atoms with Gasteiger partial charge in [-0.2, -0.15) is 0 Å². The van der Waals surface area contributed by atoms with Gasteiger partial charge in [-0.05, 0) is 18.4 Å². The van der Waals surface area contributed by atoms with E-state index in [9.17, 15) is 0 Å². The van der Waals surface area contributed by atoms with Crippen LogP contribution in [0.3, 0.4) is 0 Å². The molecule has 0 radical (unpaired) electrons. The highest BCUT2D eigenvalue weighted by atomic mass is 14.8. The molecule has 2 nitrogen and oxygen atoms in total. The molecule has 0 fully saturated rings. The molecular weight excluding hydrogens is 196 g/mol. The Hall–Kier alpha value is -1.38. The monoisotopic (exact) mass is 214 g/mol. The highest BCUT2D eigenvalue weighted by Crippen LogP contribution is 2.20. The summed E-state index contributed by atoms with van der Waals surface area (Å²) in [5.41, 5.74) is 13.2. The topological polar surface area (TPSA) is 52.0 Å². The van der Waals surface area contributed by atoms with Crippen LogP contribution in [0, 0.1) is 0 Å². The minimum absolute atomic E-state index is 0.0822. The highest BCUT2D eigenvalue weighted by Gasteiger charge is 2.28. The van der Waals surface area contributed by atoms with Crippen molar-refractivity contribution < 1.29 is 0 Å². The summed E-state index contributed by atoms with van der Waals surface area (Å²) in [7, 11) is 0. The number of allylic oxidation sites excluding steroid dienone is 2. The number of benzene rings is 1. The van der Waals surface area contributed by atoms with E-state index in [0.717, 1.165) is 12.8 Å². The number of rotatable bonds is 3. The van der Waals surface area contributed by atoms with Gasteiger partial charge in [0, 0.05) is 6.04 Å². The van der Waals surface area contributed by atoms with Crippen LogP contribution in [0.15, 0.2) is 54.6 Å². The predicted octanol–water partition coefficient (Wildman–Crippen LogP) is 1.77. The molecule has 84 valence electrons. The van der Waals surface area contributed by atoms with Crippen molar-refractivity contribution in [2.24, 2.45) is 11.5 Å². The summed E-state index contributed by atoms with van der Waals surface area (Å²) < 4.78 is 0. The Bertz CT molecular complexity index is 394. The number of hydrogen-bond donors (Lipinski definition) is 2. The molecule has 1 aromatic carbocycles. The van der Waals surface area contributed by atoms with Crippen LogP contribution >= 0.6 is 0 Å². The molecule has 1 aliphatic carbocycles. The standard InChI is InChI=1S/C14H18N2/c15-13-8-4-5-10-14(13,16)11-9-12-6-2-1-3-7-12/h1-8,10,13H,9,11,15-16H2. The van der Waals surface area contributed by atoms with Crippen LogP contribution in [-0.4, -0.2) is 11.6 Å². The summed E-state index contributed by atoms with van der Waals surface area (Å²) in [5.74, 6) is 0. The average Bonchev–Trinajstić information content (AvgIpc) is 2.32. The zero-order chi connectivity index (χ0) is 11.4. The minimum atomic E-state index is -0.398. The third-order valence-electron chi connectivity index (χ3n) is 3.15. The first kappa shape index (κ1) is 11.1. The first-order chi connectivity index (χ1) is 7.71. The van der Waals surface area contributed by atoms with E-state index in [0.29, 0.717) is 0 Å². The van der Waals surface area contributed by atoms with Gasteiger partial charge in [0.15, 0.2) is 0 Å². The van der Waals surface area contributed by atoms with Crippen LogP contribution in [0.5, 0.6) is 0 Å². The van der Waals surface area contributed by atoms with Gasteiger partial charge in [0.05, 0.1) is 5.54 Å². The summed E-state index contributed by atoms with van der Waals surface area (Å²) >= 11 is 0. The molecule has 16 heavy (non-hydrogen) atoms. The fourth-order valence-electron chi connectivity index (χ4n) is 1.96. The molecule has 0 saturated carbocycles. The Kier molecular flexibility index (Phi) is 3.22. The first-order valence-corrected chi connectivity index (χ1v) is 5.65. The lowest BCUT2D eigenvalue weighted by molar-refractivity contribution is 0.436.